The summed E-state index contributed by atoms with van der Waals surface area (Å²) >= 11 is 1.44. The van der Waals surface area contributed by atoms with Crippen LogP contribution in [0.25, 0.3) is 10.7 Å². The lowest BCUT2D eigenvalue weighted by atomic mass is 10.2. The smallest absolute Gasteiger partial charge is 0.230 e. The molecule has 0 atom stereocenters. The van der Waals surface area contributed by atoms with E-state index in [1.54, 1.807) is 30.5 Å². The number of nitrogens with zero attached hydrogens (tertiary/aromatic N) is 2. The molecule has 2 heterocycles. The number of sulfonamides is 1. The highest BCUT2D eigenvalue weighted by molar-refractivity contribution is 7.92. The molecule has 0 fully saturated rings. The van der Waals surface area contributed by atoms with Crippen molar-refractivity contribution < 1.29 is 13.2 Å². The van der Waals surface area contributed by atoms with Crippen LogP contribution in [0.2, 0.25) is 0 Å². The standard InChI is InChI=1S/C17H16N4O3S2/c1-26(23,24)21-13-7-5-12(6-8-13)19-16(22)10-14-11-25-17(20-14)15-4-2-3-9-18-15/h2-9,11,21H,10H2,1H3,(H,19,22). The van der Waals surface area contributed by atoms with Gasteiger partial charge >= 0.3 is 0 Å². The number of carbonyl (C=O) groups is 1. The first-order chi connectivity index (χ1) is 12.4. The van der Waals surface area contributed by atoms with E-state index in [1.807, 2.05) is 23.6 Å². The van der Waals surface area contributed by atoms with E-state index in [2.05, 4.69) is 20.0 Å². The summed E-state index contributed by atoms with van der Waals surface area (Å²) < 4.78 is 24.7. The van der Waals surface area contributed by atoms with E-state index >= 15 is 0 Å². The van der Waals surface area contributed by atoms with Crippen LogP contribution in [-0.2, 0) is 21.2 Å². The second-order valence-corrected chi connectivity index (χ2v) is 8.14. The van der Waals surface area contributed by atoms with Gasteiger partial charge in [0.05, 0.1) is 24.1 Å². The lowest BCUT2D eigenvalue weighted by Crippen LogP contribution is -2.14. The monoisotopic (exact) mass is 388 g/mol. The van der Waals surface area contributed by atoms with E-state index in [4.69, 9.17) is 0 Å². The summed E-state index contributed by atoms with van der Waals surface area (Å²) in [5.74, 6) is -0.202. The van der Waals surface area contributed by atoms with Crippen molar-refractivity contribution in [1.82, 2.24) is 9.97 Å². The number of anilines is 2. The molecule has 0 saturated carbocycles. The van der Waals surface area contributed by atoms with Crippen LogP contribution in [0.3, 0.4) is 0 Å². The first-order valence-electron chi connectivity index (χ1n) is 7.62. The third-order valence-electron chi connectivity index (χ3n) is 3.25. The van der Waals surface area contributed by atoms with E-state index in [1.165, 1.54) is 11.3 Å². The van der Waals surface area contributed by atoms with Crippen molar-refractivity contribution >= 4 is 38.6 Å². The first kappa shape index (κ1) is 18.0. The molecular formula is C17H16N4O3S2. The quantitative estimate of drug-likeness (QED) is 0.676. The normalized spacial score (nSPS) is 11.1. The van der Waals surface area contributed by atoms with E-state index in [9.17, 15) is 13.2 Å². The molecule has 9 heteroatoms. The minimum Gasteiger partial charge on any atom is -0.326 e. The molecule has 2 N–H and O–H groups in total. The number of nitrogens with one attached hydrogen (secondary N) is 2. The maximum Gasteiger partial charge on any atom is 0.230 e. The van der Waals surface area contributed by atoms with Crippen molar-refractivity contribution in [2.75, 3.05) is 16.3 Å². The number of hydrogen-bond acceptors (Lipinski definition) is 6. The van der Waals surface area contributed by atoms with E-state index < -0.39 is 10.0 Å². The molecule has 0 spiro atoms. The number of aromatic nitrogens is 2. The molecule has 0 bridgehead atoms. The van der Waals surface area contributed by atoms with Crippen molar-refractivity contribution in [3.8, 4) is 10.7 Å². The predicted molar refractivity (Wildman–Crippen MR) is 103 cm³/mol. The van der Waals surface area contributed by atoms with Crippen molar-refractivity contribution in [3.05, 3.63) is 59.7 Å². The molecule has 0 unspecified atom stereocenters. The van der Waals surface area contributed by atoms with Gasteiger partial charge in [0.25, 0.3) is 0 Å². The van der Waals surface area contributed by atoms with Crippen molar-refractivity contribution in [2.24, 2.45) is 0 Å². The van der Waals surface area contributed by atoms with E-state index in [-0.39, 0.29) is 12.3 Å². The SMILES string of the molecule is CS(=O)(=O)Nc1ccc(NC(=O)Cc2csc(-c3ccccn3)n2)cc1. The predicted octanol–water partition coefficient (Wildman–Crippen LogP) is 2.76. The minimum atomic E-state index is -3.32. The molecule has 1 amide bonds. The third kappa shape index (κ3) is 5.11. The number of carbonyl (C=O) groups excluding carboxylic acids is 1. The van der Waals surface area contributed by atoms with Crippen LogP contribution in [0, 0.1) is 0 Å². The lowest BCUT2D eigenvalue weighted by molar-refractivity contribution is -0.115. The Hall–Kier alpha value is -2.78. The molecule has 2 aromatic heterocycles. The summed E-state index contributed by atoms with van der Waals surface area (Å²) in [7, 11) is -3.32. The first-order valence-corrected chi connectivity index (χ1v) is 10.4. The van der Waals surface area contributed by atoms with Crippen LogP contribution < -0.4 is 10.0 Å². The van der Waals surface area contributed by atoms with Gasteiger partial charge in [-0.25, -0.2) is 13.4 Å². The summed E-state index contributed by atoms with van der Waals surface area (Å²) in [6.07, 6.45) is 2.92. The number of hydrogen-bond donors (Lipinski definition) is 2. The zero-order valence-corrected chi connectivity index (χ0v) is 15.5. The van der Waals surface area contributed by atoms with E-state index in [0.29, 0.717) is 17.1 Å². The topological polar surface area (TPSA) is 101 Å². The molecule has 0 aliphatic heterocycles. The number of pyridine rings is 1. The molecule has 0 aliphatic carbocycles. The Morgan fingerprint density at radius 3 is 2.50 bits per heavy atom. The van der Waals surface area contributed by atoms with Gasteiger partial charge in [-0.3, -0.25) is 14.5 Å². The summed E-state index contributed by atoms with van der Waals surface area (Å²) in [5.41, 5.74) is 2.46. The Kier molecular flexibility index (Phi) is 5.29. The zero-order valence-electron chi connectivity index (χ0n) is 13.8. The molecule has 3 rings (SSSR count). The second-order valence-electron chi connectivity index (χ2n) is 5.54. The van der Waals surface area contributed by atoms with E-state index in [0.717, 1.165) is 17.0 Å². The Morgan fingerprint density at radius 1 is 1.12 bits per heavy atom. The summed E-state index contributed by atoms with van der Waals surface area (Å²) in [4.78, 5) is 20.8. The van der Waals surface area contributed by atoms with Gasteiger partial charge in [-0.05, 0) is 36.4 Å². The van der Waals surface area contributed by atoms with Crippen LogP contribution >= 0.6 is 11.3 Å². The fourth-order valence-corrected chi connectivity index (χ4v) is 3.56. The van der Waals surface area contributed by atoms with Crippen LogP contribution in [-0.4, -0.2) is 30.5 Å². The molecular weight excluding hydrogens is 372 g/mol. The molecule has 134 valence electrons. The molecule has 0 saturated heterocycles. The number of amides is 1. The lowest BCUT2D eigenvalue weighted by Gasteiger charge is -2.07. The van der Waals surface area contributed by atoms with Gasteiger partial charge in [0, 0.05) is 23.0 Å². The Bertz CT molecular complexity index is 1000. The van der Waals surface area contributed by atoms with Crippen LogP contribution in [0.15, 0.2) is 54.0 Å². The van der Waals surface area contributed by atoms with Crippen LogP contribution in [0.1, 0.15) is 5.69 Å². The van der Waals surface area contributed by atoms with Gasteiger partial charge < -0.3 is 5.32 Å². The number of benzene rings is 1. The molecule has 0 radical (unpaired) electrons. The third-order valence-corrected chi connectivity index (χ3v) is 4.77. The summed E-state index contributed by atoms with van der Waals surface area (Å²) in [6, 6.07) is 12.0. The molecule has 0 aliphatic rings. The highest BCUT2D eigenvalue weighted by Crippen LogP contribution is 2.22. The fraction of sp³-hybridized carbons (Fsp3) is 0.118. The summed E-state index contributed by atoms with van der Waals surface area (Å²) in [5, 5.41) is 5.37. The van der Waals surface area contributed by atoms with Crippen molar-refractivity contribution in [1.29, 1.82) is 0 Å². The molecule has 26 heavy (non-hydrogen) atoms. The van der Waals surface area contributed by atoms with Crippen LogP contribution in [0.4, 0.5) is 11.4 Å². The minimum absolute atomic E-state index is 0.146. The zero-order chi connectivity index (χ0) is 18.6. The average molecular weight is 388 g/mol. The van der Waals surface area contributed by atoms with Gasteiger partial charge in [-0.2, -0.15) is 0 Å². The molecule has 1 aromatic carbocycles. The number of rotatable bonds is 6. The largest absolute Gasteiger partial charge is 0.326 e. The fourth-order valence-electron chi connectivity index (χ4n) is 2.20. The van der Waals surface area contributed by atoms with Gasteiger partial charge in [0.15, 0.2) is 0 Å². The Labute approximate surface area is 155 Å². The highest BCUT2D eigenvalue weighted by atomic mass is 32.2. The maximum atomic E-state index is 12.2. The molecule has 7 nitrogen and oxygen atoms in total. The van der Waals surface area contributed by atoms with Gasteiger partial charge in [0.2, 0.25) is 15.9 Å². The Balaban J connectivity index is 1.60. The van der Waals surface area contributed by atoms with Crippen molar-refractivity contribution in [3.63, 3.8) is 0 Å². The molecule has 3 aromatic rings. The van der Waals surface area contributed by atoms with Gasteiger partial charge in [0.1, 0.15) is 5.01 Å². The maximum absolute atomic E-state index is 12.2. The van der Waals surface area contributed by atoms with Gasteiger partial charge in [-0.1, -0.05) is 6.07 Å². The summed E-state index contributed by atoms with van der Waals surface area (Å²) in [6.45, 7) is 0. The average Bonchev–Trinajstić information content (AvgIpc) is 3.04. The number of thiazole rings is 1. The second kappa shape index (κ2) is 7.63. The van der Waals surface area contributed by atoms with Gasteiger partial charge in [-0.15, -0.1) is 11.3 Å². The van der Waals surface area contributed by atoms with Crippen LogP contribution in [0.5, 0.6) is 0 Å². The Morgan fingerprint density at radius 2 is 1.85 bits per heavy atom. The highest BCUT2D eigenvalue weighted by Gasteiger charge is 2.10. The van der Waals surface area contributed by atoms with Crippen molar-refractivity contribution in [2.45, 2.75) is 6.42 Å².